The van der Waals surface area contributed by atoms with Gasteiger partial charge in [0.15, 0.2) is 0 Å². The van der Waals surface area contributed by atoms with Crippen molar-refractivity contribution < 1.29 is 2.85 Å². The molecule has 0 nitrogen and oxygen atoms in total. The third kappa shape index (κ3) is 5.89. The summed E-state index contributed by atoms with van der Waals surface area (Å²) in [6.45, 7) is 4.33. The number of hydrogen-bond acceptors (Lipinski definition) is 0. The minimum atomic E-state index is 0. The summed E-state index contributed by atoms with van der Waals surface area (Å²) in [7, 11) is 0. The van der Waals surface area contributed by atoms with E-state index in [0.717, 1.165) is 0 Å². The third-order valence-corrected chi connectivity index (χ3v) is 1.88. The standard InChI is InChI=1S/2C6H8.Mg.2H/c2*1-6-4-2-3-5-6;;;/h2*2-6H,1H3;;;/q;;+2;2*-1. The van der Waals surface area contributed by atoms with Gasteiger partial charge in [0.05, 0.1) is 0 Å². The zero-order valence-electron chi connectivity index (χ0n) is 10.5. The molecule has 0 unspecified atom stereocenters. The molecule has 0 aliphatic heterocycles. The fraction of sp³-hybridized carbons (Fsp3) is 0.333. The van der Waals surface area contributed by atoms with Gasteiger partial charge in [-0.05, 0) is 11.8 Å². The summed E-state index contributed by atoms with van der Waals surface area (Å²) in [6, 6.07) is 0. The molecule has 2 rings (SSSR count). The van der Waals surface area contributed by atoms with E-state index in [1.165, 1.54) is 0 Å². The van der Waals surface area contributed by atoms with E-state index < -0.39 is 0 Å². The molecule has 2 aliphatic carbocycles. The van der Waals surface area contributed by atoms with Crippen LogP contribution in [0.3, 0.4) is 0 Å². The maximum Gasteiger partial charge on any atom is 2.00 e. The van der Waals surface area contributed by atoms with Crippen LogP contribution in [0, 0.1) is 11.8 Å². The van der Waals surface area contributed by atoms with Gasteiger partial charge in [0.1, 0.15) is 0 Å². The Morgan fingerprint density at radius 1 is 0.692 bits per heavy atom. The quantitative estimate of drug-likeness (QED) is 0.509. The largest absolute Gasteiger partial charge is 2.00 e. The number of rotatable bonds is 0. The van der Waals surface area contributed by atoms with Crippen molar-refractivity contribution in [3.05, 3.63) is 48.6 Å². The average Bonchev–Trinajstić information content (AvgIpc) is 2.63. The predicted molar refractivity (Wildman–Crippen MR) is 62.9 cm³/mol. The van der Waals surface area contributed by atoms with Crippen molar-refractivity contribution >= 4 is 23.1 Å². The molecule has 0 bridgehead atoms. The molecule has 0 atom stereocenters. The molecule has 68 valence electrons. The summed E-state index contributed by atoms with van der Waals surface area (Å²) in [6.07, 6.45) is 17.0. The average molecular weight is 187 g/mol. The van der Waals surface area contributed by atoms with Gasteiger partial charge in [0.2, 0.25) is 0 Å². The second-order valence-electron chi connectivity index (χ2n) is 3.26. The van der Waals surface area contributed by atoms with Crippen molar-refractivity contribution in [3.8, 4) is 0 Å². The molecule has 0 amide bonds. The molecule has 13 heavy (non-hydrogen) atoms. The first-order chi connectivity index (χ1) is 5.79. The van der Waals surface area contributed by atoms with Gasteiger partial charge >= 0.3 is 23.1 Å². The Balaban J connectivity index is -0.000000160. The Bertz CT molecular complexity index is 192. The van der Waals surface area contributed by atoms with E-state index in [4.69, 9.17) is 0 Å². The second kappa shape index (κ2) is 7.16. The van der Waals surface area contributed by atoms with Crippen LogP contribution < -0.4 is 0 Å². The molecule has 1 heteroatoms. The monoisotopic (exact) mass is 186 g/mol. The molecule has 0 N–H and O–H groups in total. The third-order valence-electron chi connectivity index (χ3n) is 1.88. The van der Waals surface area contributed by atoms with Gasteiger partial charge in [-0.15, -0.1) is 0 Å². The van der Waals surface area contributed by atoms with E-state index in [9.17, 15) is 0 Å². The smallest absolute Gasteiger partial charge is 1.00 e. The maximum absolute atomic E-state index is 2.17. The molecule has 0 spiro atoms. The Morgan fingerprint density at radius 2 is 0.923 bits per heavy atom. The van der Waals surface area contributed by atoms with Crippen molar-refractivity contribution in [2.24, 2.45) is 11.8 Å². The van der Waals surface area contributed by atoms with E-state index in [1.54, 1.807) is 0 Å². The topological polar surface area (TPSA) is 0 Å². The fourth-order valence-corrected chi connectivity index (χ4v) is 1.09. The Labute approximate surface area is 100 Å². The van der Waals surface area contributed by atoms with Gasteiger partial charge in [0, 0.05) is 0 Å². The molecule has 0 saturated carbocycles. The van der Waals surface area contributed by atoms with Crippen molar-refractivity contribution in [3.63, 3.8) is 0 Å². The van der Waals surface area contributed by atoms with Crippen LogP contribution in [0.1, 0.15) is 16.7 Å². The first kappa shape index (κ1) is 12.7. The minimum absolute atomic E-state index is 0. The zero-order valence-corrected chi connectivity index (χ0v) is 9.89. The molecule has 0 saturated heterocycles. The minimum Gasteiger partial charge on any atom is -1.00 e. The maximum atomic E-state index is 2.17. The van der Waals surface area contributed by atoms with Crippen LogP contribution in [-0.4, -0.2) is 23.1 Å². The molecular formula is C12H18Mg. The summed E-state index contributed by atoms with van der Waals surface area (Å²) in [4.78, 5) is 0. The summed E-state index contributed by atoms with van der Waals surface area (Å²) < 4.78 is 0. The van der Waals surface area contributed by atoms with Gasteiger partial charge < -0.3 is 2.85 Å². The summed E-state index contributed by atoms with van der Waals surface area (Å²) in [5.74, 6) is 1.37. The van der Waals surface area contributed by atoms with Crippen molar-refractivity contribution in [1.29, 1.82) is 0 Å². The van der Waals surface area contributed by atoms with Gasteiger partial charge in [-0.1, -0.05) is 62.5 Å². The van der Waals surface area contributed by atoms with Gasteiger partial charge in [0.25, 0.3) is 0 Å². The summed E-state index contributed by atoms with van der Waals surface area (Å²) in [5.41, 5.74) is 0. The van der Waals surface area contributed by atoms with Gasteiger partial charge in [-0.25, -0.2) is 0 Å². The van der Waals surface area contributed by atoms with Gasteiger partial charge in [-0.2, -0.15) is 0 Å². The van der Waals surface area contributed by atoms with Crippen molar-refractivity contribution in [2.45, 2.75) is 13.8 Å². The zero-order chi connectivity index (χ0) is 8.81. The van der Waals surface area contributed by atoms with E-state index in [2.05, 4.69) is 62.5 Å². The first-order valence-electron chi connectivity index (χ1n) is 4.49. The molecule has 0 radical (unpaired) electrons. The van der Waals surface area contributed by atoms with E-state index in [1.807, 2.05) is 0 Å². The normalized spacial score (nSPS) is 18.6. The molecule has 0 aromatic carbocycles. The number of allylic oxidation sites excluding steroid dienone is 8. The van der Waals surface area contributed by atoms with E-state index in [0.29, 0.717) is 11.8 Å². The first-order valence-corrected chi connectivity index (χ1v) is 4.49. The van der Waals surface area contributed by atoms with Crippen LogP contribution >= 0.6 is 0 Å². The van der Waals surface area contributed by atoms with E-state index in [-0.39, 0.29) is 25.9 Å². The van der Waals surface area contributed by atoms with Crippen LogP contribution in [0.2, 0.25) is 0 Å². The Morgan fingerprint density at radius 3 is 1.00 bits per heavy atom. The van der Waals surface area contributed by atoms with E-state index >= 15 is 0 Å². The van der Waals surface area contributed by atoms with Crippen molar-refractivity contribution in [2.75, 3.05) is 0 Å². The Kier molecular flexibility index (Phi) is 7.01. The molecule has 0 fully saturated rings. The van der Waals surface area contributed by atoms with Crippen LogP contribution in [-0.2, 0) is 0 Å². The van der Waals surface area contributed by atoms with Crippen LogP contribution in [0.4, 0.5) is 0 Å². The van der Waals surface area contributed by atoms with Crippen LogP contribution in [0.15, 0.2) is 48.6 Å². The molecule has 0 heterocycles. The number of hydrogen-bond donors (Lipinski definition) is 0. The second-order valence-corrected chi connectivity index (χ2v) is 3.26. The predicted octanol–water partition coefficient (Wildman–Crippen LogP) is 3.34. The van der Waals surface area contributed by atoms with Crippen molar-refractivity contribution in [1.82, 2.24) is 0 Å². The fourth-order valence-electron chi connectivity index (χ4n) is 1.09. The SMILES string of the molecule is CC1C=CC=C1.CC1C=CC=C1.[H-].[H-].[Mg+2]. The Hall–Kier alpha value is -0.274. The summed E-state index contributed by atoms with van der Waals surface area (Å²) in [5, 5.41) is 0. The molecule has 2 aliphatic rings. The molecule has 0 aromatic heterocycles. The van der Waals surface area contributed by atoms with Crippen LogP contribution in [0.25, 0.3) is 0 Å². The van der Waals surface area contributed by atoms with Crippen LogP contribution in [0.5, 0.6) is 0 Å². The molecular weight excluding hydrogens is 168 g/mol. The van der Waals surface area contributed by atoms with Gasteiger partial charge in [-0.3, -0.25) is 0 Å². The molecule has 0 aromatic rings. The summed E-state index contributed by atoms with van der Waals surface area (Å²) >= 11 is 0.